The molecule has 0 fully saturated rings. The molecule has 0 aromatic carbocycles. The zero-order valence-corrected chi connectivity index (χ0v) is 13.7. The highest BCUT2D eigenvalue weighted by Gasteiger charge is 2.19. The lowest BCUT2D eigenvalue weighted by Crippen LogP contribution is -2.35. The van der Waals surface area contributed by atoms with E-state index in [1.54, 1.807) is 0 Å². The van der Waals surface area contributed by atoms with E-state index in [0.717, 1.165) is 13.0 Å². The molecule has 0 bridgehead atoms. The molecule has 1 rings (SSSR count). The van der Waals surface area contributed by atoms with Crippen LogP contribution in [0.4, 0.5) is 0 Å². The first-order chi connectivity index (χ1) is 7.90. The van der Waals surface area contributed by atoms with Crippen molar-refractivity contribution in [3.8, 4) is 0 Å². The molecule has 17 heavy (non-hydrogen) atoms. The maximum atomic E-state index is 3.68. The van der Waals surface area contributed by atoms with Gasteiger partial charge >= 0.3 is 0 Å². The third kappa shape index (κ3) is 6.58. The van der Waals surface area contributed by atoms with E-state index >= 15 is 0 Å². The molecule has 0 aliphatic rings. The molecule has 0 radical (unpaired) electrons. The van der Waals surface area contributed by atoms with Crippen molar-refractivity contribution in [2.45, 2.75) is 53.0 Å². The summed E-state index contributed by atoms with van der Waals surface area (Å²) in [5, 5.41) is 3.68. The average Bonchev–Trinajstić information content (AvgIpc) is 2.58. The van der Waals surface area contributed by atoms with Crippen molar-refractivity contribution in [3.63, 3.8) is 0 Å². The Balaban J connectivity index is 2.56. The Labute approximate surface area is 118 Å². The fourth-order valence-electron chi connectivity index (χ4n) is 2.01. The Morgan fingerprint density at radius 1 is 1.35 bits per heavy atom. The molecule has 1 heterocycles. The van der Waals surface area contributed by atoms with Crippen LogP contribution in [-0.2, 0) is 6.42 Å². The van der Waals surface area contributed by atoms with E-state index in [1.165, 1.54) is 21.5 Å². The first-order valence-corrected chi connectivity index (χ1v) is 7.99. The lowest BCUT2D eigenvalue weighted by Gasteiger charge is -2.26. The second kappa shape index (κ2) is 6.91. The summed E-state index contributed by atoms with van der Waals surface area (Å²) >= 11 is 5.39. The Bertz CT molecular complexity index is 327. The highest BCUT2D eigenvalue weighted by molar-refractivity contribution is 9.11. The van der Waals surface area contributed by atoms with Crippen LogP contribution in [0, 0.1) is 5.41 Å². The number of hydrogen-bond acceptors (Lipinski definition) is 2. The Morgan fingerprint density at radius 3 is 2.53 bits per heavy atom. The molecule has 0 aliphatic heterocycles. The number of nitrogens with one attached hydrogen (secondary N) is 1. The normalized spacial score (nSPS) is 13.9. The predicted octanol–water partition coefficient (Wildman–Crippen LogP) is 4.86. The van der Waals surface area contributed by atoms with Gasteiger partial charge in [-0.25, -0.2) is 0 Å². The zero-order valence-electron chi connectivity index (χ0n) is 11.3. The van der Waals surface area contributed by atoms with Gasteiger partial charge in [0, 0.05) is 10.9 Å². The predicted molar refractivity (Wildman–Crippen MR) is 81.9 cm³/mol. The van der Waals surface area contributed by atoms with Crippen LogP contribution in [0.25, 0.3) is 0 Å². The van der Waals surface area contributed by atoms with E-state index in [2.05, 4.69) is 61.1 Å². The van der Waals surface area contributed by atoms with Crippen molar-refractivity contribution in [2.24, 2.45) is 5.41 Å². The van der Waals surface area contributed by atoms with Gasteiger partial charge in [-0.15, -0.1) is 11.3 Å². The lowest BCUT2D eigenvalue weighted by atomic mass is 9.86. The lowest BCUT2D eigenvalue weighted by molar-refractivity contribution is 0.307. The van der Waals surface area contributed by atoms with Crippen LogP contribution < -0.4 is 5.32 Å². The maximum Gasteiger partial charge on any atom is 0.0701 e. The smallest absolute Gasteiger partial charge is 0.0701 e. The van der Waals surface area contributed by atoms with E-state index in [0.29, 0.717) is 11.5 Å². The molecule has 1 N–H and O–H groups in total. The summed E-state index contributed by atoms with van der Waals surface area (Å²) in [5.74, 6) is 0. The van der Waals surface area contributed by atoms with Crippen LogP contribution in [0.3, 0.4) is 0 Å². The van der Waals surface area contributed by atoms with E-state index in [1.807, 2.05) is 11.3 Å². The van der Waals surface area contributed by atoms with Gasteiger partial charge in [0.15, 0.2) is 0 Å². The molecule has 0 spiro atoms. The maximum absolute atomic E-state index is 3.68. The van der Waals surface area contributed by atoms with Gasteiger partial charge in [-0.3, -0.25) is 0 Å². The summed E-state index contributed by atoms with van der Waals surface area (Å²) < 4.78 is 1.23. The van der Waals surface area contributed by atoms with Crippen molar-refractivity contribution in [1.29, 1.82) is 0 Å². The van der Waals surface area contributed by atoms with E-state index in [9.17, 15) is 0 Å². The van der Waals surface area contributed by atoms with Crippen LogP contribution in [0.15, 0.2) is 15.9 Å². The van der Waals surface area contributed by atoms with Crippen LogP contribution in [0.2, 0.25) is 0 Å². The highest BCUT2D eigenvalue weighted by Crippen LogP contribution is 2.27. The fourth-order valence-corrected chi connectivity index (χ4v) is 3.57. The van der Waals surface area contributed by atoms with Crippen LogP contribution in [-0.4, -0.2) is 12.6 Å². The van der Waals surface area contributed by atoms with Crippen molar-refractivity contribution in [3.05, 3.63) is 20.8 Å². The summed E-state index contributed by atoms with van der Waals surface area (Å²) in [7, 11) is 0. The molecule has 1 atom stereocenters. The van der Waals surface area contributed by atoms with Crippen molar-refractivity contribution >= 4 is 27.3 Å². The molecule has 0 amide bonds. The molecular formula is C14H24BrNS. The Morgan fingerprint density at radius 2 is 2.06 bits per heavy atom. The minimum atomic E-state index is 0.389. The number of rotatable bonds is 6. The van der Waals surface area contributed by atoms with Gasteiger partial charge in [-0.1, -0.05) is 27.7 Å². The van der Waals surface area contributed by atoms with Gasteiger partial charge < -0.3 is 5.32 Å². The summed E-state index contributed by atoms with van der Waals surface area (Å²) in [5.41, 5.74) is 0.389. The molecule has 0 saturated heterocycles. The standard InChI is InChI=1S/C14H24BrNS/c1-5-8-16-11(10-14(2,3)4)9-12-6-7-13(15)17-12/h6-7,11,16H,5,8-10H2,1-4H3. The van der Waals surface area contributed by atoms with Gasteiger partial charge in [0.05, 0.1) is 3.79 Å². The van der Waals surface area contributed by atoms with Gasteiger partial charge in [0.25, 0.3) is 0 Å². The summed E-state index contributed by atoms with van der Waals surface area (Å²) in [6.07, 6.45) is 3.57. The minimum Gasteiger partial charge on any atom is -0.314 e. The Kier molecular flexibility index (Phi) is 6.18. The summed E-state index contributed by atoms with van der Waals surface area (Å²) in [4.78, 5) is 1.47. The van der Waals surface area contributed by atoms with Crippen molar-refractivity contribution < 1.29 is 0 Å². The molecular weight excluding hydrogens is 294 g/mol. The molecule has 1 unspecified atom stereocenters. The SMILES string of the molecule is CCCNC(Cc1ccc(Br)s1)CC(C)(C)C. The molecule has 1 nitrogen and oxygen atoms in total. The average molecular weight is 318 g/mol. The van der Waals surface area contributed by atoms with Gasteiger partial charge in [0.1, 0.15) is 0 Å². The summed E-state index contributed by atoms with van der Waals surface area (Å²) in [6, 6.07) is 4.98. The monoisotopic (exact) mass is 317 g/mol. The number of thiophene rings is 1. The summed E-state index contributed by atoms with van der Waals surface area (Å²) in [6.45, 7) is 10.3. The zero-order chi connectivity index (χ0) is 12.9. The third-order valence-electron chi connectivity index (χ3n) is 2.62. The quantitative estimate of drug-likeness (QED) is 0.790. The first-order valence-electron chi connectivity index (χ1n) is 6.38. The topological polar surface area (TPSA) is 12.0 Å². The van der Waals surface area contributed by atoms with E-state index in [-0.39, 0.29) is 0 Å². The van der Waals surface area contributed by atoms with Crippen molar-refractivity contribution in [2.75, 3.05) is 6.54 Å². The second-order valence-corrected chi connectivity index (χ2v) is 8.37. The Hall–Kier alpha value is 0.140. The number of hydrogen-bond donors (Lipinski definition) is 1. The third-order valence-corrected chi connectivity index (χ3v) is 4.26. The fraction of sp³-hybridized carbons (Fsp3) is 0.714. The van der Waals surface area contributed by atoms with Gasteiger partial charge in [-0.2, -0.15) is 0 Å². The largest absolute Gasteiger partial charge is 0.314 e. The molecule has 0 aliphatic carbocycles. The van der Waals surface area contributed by atoms with Crippen LogP contribution in [0.5, 0.6) is 0 Å². The van der Waals surface area contributed by atoms with Crippen LogP contribution in [0.1, 0.15) is 45.4 Å². The molecule has 3 heteroatoms. The molecule has 0 saturated carbocycles. The van der Waals surface area contributed by atoms with Crippen LogP contribution >= 0.6 is 27.3 Å². The highest BCUT2D eigenvalue weighted by atomic mass is 79.9. The first kappa shape index (κ1) is 15.2. The molecule has 98 valence electrons. The van der Waals surface area contributed by atoms with E-state index in [4.69, 9.17) is 0 Å². The minimum absolute atomic E-state index is 0.389. The molecule has 1 aromatic heterocycles. The van der Waals surface area contributed by atoms with Gasteiger partial charge in [0.2, 0.25) is 0 Å². The van der Waals surface area contributed by atoms with E-state index < -0.39 is 0 Å². The second-order valence-electron chi connectivity index (χ2n) is 5.83. The van der Waals surface area contributed by atoms with Crippen molar-refractivity contribution in [1.82, 2.24) is 5.32 Å². The number of halogens is 1. The van der Waals surface area contributed by atoms with Gasteiger partial charge in [-0.05, 0) is 59.3 Å². The molecule has 1 aromatic rings.